The van der Waals surface area contributed by atoms with Gasteiger partial charge in [0.15, 0.2) is 17.5 Å². The molecular formula is C39H34F2N6O3. The number of fused-ring (bicyclic) bond motifs is 1. The van der Waals surface area contributed by atoms with Crippen molar-refractivity contribution in [3.05, 3.63) is 165 Å². The summed E-state index contributed by atoms with van der Waals surface area (Å²) in [6.45, 7) is 0.858. The largest absolute Gasteiger partial charge is 0.494 e. The van der Waals surface area contributed by atoms with Gasteiger partial charge in [0.1, 0.15) is 5.56 Å². The van der Waals surface area contributed by atoms with Gasteiger partial charge in [0.05, 0.1) is 29.8 Å². The number of aromatic hydroxyl groups is 1. The van der Waals surface area contributed by atoms with Gasteiger partial charge in [-0.1, -0.05) is 72.8 Å². The minimum atomic E-state index is -1.03. The molecule has 2 aromatic heterocycles. The highest BCUT2D eigenvalue weighted by Crippen LogP contribution is 2.32. The zero-order chi connectivity index (χ0) is 35.2. The summed E-state index contributed by atoms with van der Waals surface area (Å²) < 4.78 is 28.1. The average Bonchev–Trinajstić information content (AvgIpc) is 3.43. The van der Waals surface area contributed by atoms with Crippen molar-refractivity contribution >= 4 is 34.3 Å². The van der Waals surface area contributed by atoms with Crippen LogP contribution in [-0.4, -0.2) is 56.8 Å². The van der Waals surface area contributed by atoms with Gasteiger partial charge in [-0.15, -0.1) is 0 Å². The van der Waals surface area contributed by atoms with E-state index in [-0.39, 0.29) is 24.5 Å². The number of rotatable bonds is 11. The van der Waals surface area contributed by atoms with E-state index < -0.39 is 23.1 Å². The molecule has 0 saturated heterocycles. The van der Waals surface area contributed by atoms with E-state index in [1.54, 1.807) is 6.08 Å². The van der Waals surface area contributed by atoms with Crippen LogP contribution >= 0.6 is 0 Å². The summed E-state index contributed by atoms with van der Waals surface area (Å²) in [6, 6.07) is 26.7. The molecule has 0 aliphatic carbocycles. The number of nitrogens with one attached hydrogen (secondary N) is 2. The number of hydrogen-bond acceptors (Lipinski definition) is 6. The van der Waals surface area contributed by atoms with Crippen LogP contribution in [0.4, 0.5) is 14.5 Å². The molecule has 0 aliphatic heterocycles. The fraction of sp³-hybridized carbons (Fsp3) is 0.128. The molecule has 0 saturated carbocycles. The zero-order valence-corrected chi connectivity index (χ0v) is 27.4. The second-order valence-electron chi connectivity index (χ2n) is 12.0. The van der Waals surface area contributed by atoms with Crippen LogP contribution in [0.25, 0.3) is 17.0 Å². The molecule has 11 heteroatoms. The summed E-state index contributed by atoms with van der Waals surface area (Å²) in [7, 11) is 4.04. The number of aliphatic imine (C=N–C) groups is 1. The normalized spacial score (nSPS) is 11.9. The number of benzene rings is 4. The maximum absolute atomic E-state index is 13.6. The number of amides is 1. The molecule has 6 aromatic rings. The van der Waals surface area contributed by atoms with Crippen molar-refractivity contribution in [1.82, 2.24) is 24.8 Å². The van der Waals surface area contributed by atoms with Crippen LogP contribution in [0.3, 0.4) is 0 Å². The summed E-state index contributed by atoms with van der Waals surface area (Å²) in [4.78, 5) is 39.8. The first-order chi connectivity index (χ1) is 24.2. The van der Waals surface area contributed by atoms with Crippen LogP contribution in [-0.2, 0) is 13.1 Å². The summed E-state index contributed by atoms with van der Waals surface area (Å²) in [5.41, 5.74) is 5.05. The Hall–Kier alpha value is -6.20. The van der Waals surface area contributed by atoms with E-state index in [0.29, 0.717) is 22.4 Å². The third-order valence-electron chi connectivity index (χ3n) is 7.94. The van der Waals surface area contributed by atoms with E-state index in [9.17, 15) is 23.5 Å². The van der Waals surface area contributed by atoms with Crippen LogP contribution in [0.2, 0.25) is 0 Å². The lowest BCUT2D eigenvalue weighted by atomic mass is 10.00. The molecule has 3 N–H and O–H groups in total. The van der Waals surface area contributed by atoms with E-state index in [2.05, 4.69) is 20.2 Å². The number of nitrogens with zero attached hydrogens (tertiary/aromatic N) is 4. The van der Waals surface area contributed by atoms with Crippen molar-refractivity contribution in [3.8, 4) is 5.88 Å². The topological polar surface area (TPSA) is 116 Å². The number of aromatic amines is 1. The van der Waals surface area contributed by atoms with Crippen molar-refractivity contribution in [1.29, 1.82) is 0 Å². The Balaban J connectivity index is 1.18. The van der Waals surface area contributed by atoms with Gasteiger partial charge in [-0.3, -0.25) is 14.2 Å². The Morgan fingerprint density at radius 3 is 2.48 bits per heavy atom. The van der Waals surface area contributed by atoms with Crippen molar-refractivity contribution in [2.75, 3.05) is 20.6 Å². The highest BCUT2D eigenvalue weighted by Gasteiger charge is 2.19. The molecule has 50 heavy (non-hydrogen) atoms. The van der Waals surface area contributed by atoms with Gasteiger partial charge in [-0.05, 0) is 61.1 Å². The molecule has 6 rings (SSSR count). The molecule has 0 radical (unpaired) electrons. The lowest BCUT2D eigenvalue weighted by molar-refractivity contribution is 0.0955. The Morgan fingerprint density at radius 2 is 1.74 bits per heavy atom. The van der Waals surface area contributed by atoms with E-state index >= 15 is 0 Å². The molecule has 9 nitrogen and oxygen atoms in total. The fourth-order valence-corrected chi connectivity index (χ4v) is 5.57. The van der Waals surface area contributed by atoms with E-state index in [1.165, 1.54) is 24.2 Å². The second-order valence-corrected chi connectivity index (χ2v) is 12.0. The van der Waals surface area contributed by atoms with Gasteiger partial charge >= 0.3 is 0 Å². The van der Waals surface area contributed by atoms with Gasteiger partial charge in [-0.25, -0.2) is 18.8 Å². The molecule has 1 amide bonds. The average molecular weight is 673 g/mol. The Kier molecular flexibility index (Phi) is 10.1. The highest BCUT2D eigenvalue weighted by molar-refractivity contribution is 6.22. The van der Waals surface area contributed by atoms with Crippen LogP contribution in [0, 0.1) is 11.6 Å². The van der Waals surface area contributed by atoms with Crippen LogP contribution in [0.5, 0.6) is 5.88 Å². The SMILES string of the molecule is CN(C)Cc1ccc(N=C(c2ccccc2)c2c(O)[nH]c3cc(C=CCNC(=O)c4cncn(Cc5ccc(F)c(F)c5)c4=O)ccc23)cc1. The molecule has 0 unspecified atom stereocenters. The first kappa shape index (κ1) is 33.7. The quantitative estimate of drug-likeness (QED) is 0.137. The summed E-state index contributed by atoms with van der Waals surface area (Å²) in [5.74, 6) is -2.65. The van der Waals surface area contributed by atoms with E-state index in [1.807, 2.05) is 93.0 Å². The van der Waals surface area contributed by atoms with Crippen molar-refractivity contribution < 1.29 is 18.7 Å². The number of hydrogen-bond donors (Lipinski definition) is 3. The van der Waals surface area contributed by atoms with Crippen LogP contribution < -0.4 is 10.9 Å². The first-order valence-corrected chi connectivity index (χ1v) is 15.8. The van der Waals surface area contributed by atoms with Crippen molar-refractivity contribution in [2.24, 2.45) is 4.99 Å². The third kappa shape index (κ3) is 7.74. The van der Waals surface area contributed by atoms with Gasteiger partial charge in [0.25, 0.3) is 11.5 Å². The molecule has 0 spiro atoms. The first-order valence-electron chi connectivity index (χ1n) is 15.8. The maximum Gasteiger partial charge on any atom is 0.266 e. The van der Waals surface area contributed by atoms with E-state index in [0.717, 1.165) is 45.4 Å². The van der Waals surface area contributed by atoms with Gasteiger partial charge < -0.3 is 20.3 Å². The fourth-order valence-electron chi connectivity index (χ4n) is 5.57. The molecule has 252 valence electrons. The number of carbonyl (C=O) groups is 1. The standard InChI is InChI=1S/C39H34F2N6O3/c1-46(2)22-26-10-14-29(15-11-26)44-36(28-8-4-3-5-9-28)35-30-16-12-25(20-34(30)45-38(35)49)7-6-18-43-37(48)31-21-42-24-47(39(31)50)23-27-13-17-32(40)33(41)19-27/h3-17,19-21,24,45,49H,18,22-23H2,1-2H3,(H,43,48). The molecule has 0 fully saturated rings. The number of carbonyl (C=O) groups excluding carboxylic acids is 1. The monoisotopic (exact) mass is 672 g/mol. The van der Waals surface area contributed by atoms with Gasteiger partial charge in [0.2, 0.25) is 0 Å². The third-order valence-corrected chi connectivity index (χ3v) is 7.94. The summed E-state index contributed by atoms with van der Waals surface area (Å²) >= 11 is 0. The molecule has 4 aromatic carbocycles. The minimum Gasteiger partial charge on any atom is -0.494 e. The summed E-state index contributed by atoms with van der Waals surface area (Å²) in [5, 5.41) is 14.6. The Labute approximate surface area is 286 Å². The Morgan fingerprint density at radius 1 is 0.980 bits per heavy atom. The molecular weight excluding hydrogens is 638 g/mol. The lowest BCUT2D eigenvalue weighted by Gasteiger charge is -2.10. The molecule has 0 aliphatic rings. The molecule has 0 bridgehead atoms. The number of aromatic nitrogens is 3. The molecule has 2 heterocycles. The maximum atomic E-state index is 13.6. The van der Waals surface area contributed by atoms with Crippen LogP contribution in [0.1, 0.15) is 38.2 Å². The van der Waals surface area contributed by atoms with E-state index in [4.69, 9.17) is 4.99 Å². The minimum absolute atomic E-state index is 0.00749. The predicted molar refractivity (Wildman–Crippen MR) is 191 cm³/mol. The highest BCUT2D eigenvalue weighted by atomic mass is 19.2. The Bertz CT molecular complexity index is 2280. The lowest BCUT2D eigenvalue weighted by Crippen LogP contribution is -2.33. The van der Waals surface area contributed by atoms with Gasteiger partial charge in [0, 0.05) is 35.8 Å². The van der Waals surface area contributed by atoms with Crippen molar-refractivity contribution in [2.45, 2.75) is 13.1 Å². The number of H-pyrrole nitrogens is 1. The zero-order valence-electron chi connectivity index (χ0n) is 27.4. The van der Waals surface area contributed by atoms with Gasteiger partial charge in [-0.2, -0.15) is 0 Å². The predicted octanol–water partition coefficient (Wildman–Crippen LogP) is 6.43. The second kappa shape index (κ2) is 14.9. The van der Waals surface area contributed by atoms with Crippen LogP contribution in [0.15, 0.2) is 119 Å². The van der Waals surface area contributed by atoms with Crippen molar-refractivity contribution in [3.63, 3.8) is 0 Å². The number of halogens is 2. The smallest absolute Gasteiger partial charge is 0.266 e. The summed E-state index contributed by atoms with van der Waals surface area (Å²) in [6.07, 6.45) is 5.94. The molecule has 0 atom stereocenters.